The number of nitrogens with one attached hydrogen (secondary N) is 1. The Labute approximate surface area is 222 Å². The Balaban J connectivity index is 1.53. The van der Waals surface area contributed by atoms with Crippen LogP contribution in [0.15, 0.2) is 72.8 Å². The van der Waals surface area contributed by atoms with Crippen LogP contribution < -0.4 is 5.32 Å². The van der Waals surface area contributed by atoms with Gasteiger partial charge in [0.2, 0.25) is 0 Å². The summed E-state index contributed by atoms with van der Waals surface area (Å²) in [6.07, 6.45) is 6.42. The van der Waals surface area contributed by atoms with Gasteiger partial charge in [-0.05, 0) is 42.5 Å². The molecule has 37 heavy (non-hydrogen) atoms. The van der Waals surface area contributed by atoms with Crippen molar-refractivity contribution in [2.45, 2.75) is 70.1 Å². The number of rotatable bonds is 6. The maximum atomic E-state index is 14.5. The van der Waals surface area contributed by atoms with Gasteiger partial charge in [0.15, 0.2) is 5.54 Å². The highest BCUT2D eigenvalue weighted by molar-refractivity contribution is 7.19. The maximum Gasteiger partial charge on any atom is 0.272 e. The summed E-state index contributed by atoms with van der Waals surface area (Å²) in [6.45, 7) is 2.92. The van der Waals surface area contributed by atoms with Crippen LogP contribution in [0.4, 0.5) is 0 Å². The molecule has 5 nitrogen and oxygen atoms in total. The summed E-state index contributed by atoms with van der Waals surface area (Å²) in [5.74, 6) is -0.174. The summed E-state index contributed by atoms with van der Waals surface area (Å²) < 4.78 is 3.21. The third-order valence-electron chi connectivity index (χ3n) is 8.05. The van der Waals surface area contributed by atoms with Gasteiger partial charge in [-0.3, -0.25) is 9.59 Å². The molecule has 0 bridgehead atoms. The second-order valence-electron chi connectivity index (χ2n) is 10.3. The quantitative estimate of drug-likeness (QED) is 0.332. The first kappa shape index (κ1) is 24.0. The number of carbonyl (C=O) groups excluding carboxylic acids is 2. The number of benzene rings is 2. The van der Waals surface area contributed by atoms with Crippen LogP contribution >= 0.6 is 11.3 Å². The van der Waals surface area contributed by atoms with E-state index in [1.807, 2.05) is 71.6 Å². The van der Waals surface area contributed by atoms with Crippen molar-refractivity contribution in [3.63, 3.8) is 0 Å². The first-order valence-corrected chi connectivity index (χ1v) is 14.3. The number of aromatic nitrogens is 1. The molecule has 4 aromatic rings. The average molecular weight is 512 g/mol. The van der Waals surface area contributed by atoms with Crippen LogP contribution in [0.3, 0.4) is 0 Å². The minimum atomic E-state index is -1.15. The molecule has 1 N–H and O–H groups in total. The topological polar surface area (TPSA) is 54.3 Å². The Bertz CT molecular complexity index is 1420. The fourth-order valence-electron chi connectivity index (χ4n) is 6.05. The van der Waals surface area contributed by atoms with E-state index < -0.39 is 5.54 Å². The molecule has 2 amide bonds. The lowest BCUT2D eigenvalue weighted by atomic mass is 9.83. The van der Waals surface area contributed by atoms with Crippen molar-refractivity contribution in [3.8, 4) is 0 Å². The zero-order valence-corrected chi connectivity index (χ0v) is 22.1. The second-order valence-corrected chi connectivity index (χ2v) is 11.5. The zero-order valence-electron chi connectivity index (χ0n) is 21.3. The van der Waals surface area contributed by atoms with E-state index >= 15 is 0 Å². The molecule has 1 fully saturated rings. The van der Waals surface area contributed by atoms with Gasteiger partial charge in [-0.1, -0.05) is 86.8 Å². The fraction of sp³-hybridized carbons (Fsp3) is 0.355. The van der Waals surface area contributed by atoms with Gasteiger partial charge in [0.05, 0.1) is 16.8 Å². The highest BCUT2D eigenvalue weighted by Gasteiger charge is 2.53. The van der Waals surface area contributed by atoms with E-state index in [0.29, 0.717) is 18.8 Å². The molecule has 6 heteroatoms. The van der Waals surface area contributed by atoms with Crippen molar-refractivity contribution in [2.24, 2.45) is 0 Å². The van der Waals surface area contributed by atoms with E-state index in [-0.39, 0.29) is 17.9 Å². The van der Waals surface area contributed by atoms with Crippen LogP contribution in [0, 0.1) is 0 Å². The highest BCUT2D eigenvalue weighted by atomic mass is 32.1. The van der Waals surface area contributed by atoms with Crippen LogP contribution in [0.2, 0.25) is 0 Å². The lowest BCUT2D eigenvalue weighted by Gasteiger charge is -2.47. The molecule has 0 saturated heterocycles. The van der Waals surface area contributed by atoms with Gasteiger partial charge >= 0.3 is 0 Å². The minimum absolute atomic E-state index is 0.0756. The first-order chi connectivity index (χ1) is 18.1. The van der Waals surface area contributed by atoms with Crippen molar-refractivity contribution < 1.29 is 9.59 Å². The molecule has 0 unspecified atom stereocenters. The number of hydrogen-bond acceptors (Lipinski definition) is 3. The summed E-state index contributed by atoms with van der Waals surface area (Å²) in [4.78, 5) is 32.0. The van der Waals surface area contributed by atoms with Gasteiger partial charge in [0.25, 0.3) is 11.8 Å². The summed E-state index contributed by atoms with van der Waals surface area (Å²) in [5, 5.41) is 3.41. The minimum Gasteiger partial charge on any atom is -0.351 e. The lowest BCUT2D eigenvalue weighted by molar-refractivity contribution is -0.136. The largest absolute Gasteiger partial charge is 0.351 e. The van der Waals surface area contributed by atoms with Crippen LogP contribution in [0.5, 0.6) is 0 Å². The van der Waals surface area contributed by atoms with Gasteiger partial charge in [0.1, 0.15) is 5.69 Å². The monoisotopic (exact) mass is 511 g/mol. The Kier molecular flexibility index (Phi) is 6.37. The van der Waals surface area contributed by atoms with Gasteiger partial charge in [-0.15, -0.1) is 11.3 Å². The van der Waals surface area contributed by atoms with E-state index in [0.717, 1.165) is 53.4 Å². The Hall–Kier alpha value is -3.38. The van der Waals surface area contributed by atoms with Crippen molar-refractivity contribution in [1.82, 2.24) is 14.8 Å². The molecule has 1 saturated carbocycles. The van der Waals surface area contributed by atoms with Crippen molar-refractivity contribution >= 4 is 33.4 Å². The summed E-state index contributed by atoms with van der Waals surface area (Å²) in [5.41, 5.74) is 2.42. The Morgan fingerprint density at radius 2 is 1.70 bits per heavy atom. The molecule has 190 valence electrons. The number of amides is 2. The van der Waals surface area contributed by atoms with Crippen LogP contribution in [0.1, 0.15) is 65.5 Å². The number of fused-ring (bicyclic) bond motifs is 3. The molecule has 0 spiro atoms. The third kappa shape index (κ3) is 4.17. The van der Waals surface area contributed by atoms with E-state index in [1.165, 1.54) is 11.3 Å². The van der Waals surface area contributed by atoms with Crippen molar-refractivity contribution in [3.05, 3.63) is 94.5 Å². The highest BCUT2D eigenvalue weighted by Crippen LogP contribution is 2.42. The molecule has 1 atom stereocenters. The number of carbonyl (C=O) groups is 2. The maximum absolute atomic E-state index is 14.5. The van der Waals surface area contributed by atoms with Gasteiger partial charge in [-0.25, -0.2) is 0 Å². The third-order valence-corrected chi connectivity index (χ3v) is 9.27. The predicted octanol–water partition coefficient (Wildman–Crippen LogP) is 6.27. The molecule has 3 heterocycles. The standard InChI is InChI=1S/C31H33N3O2S/c1-2-25-18-26-28(37-25)19-27-29(35)34(20-22-12-6-3-7-13-22)31(21-33(26)27,23-14-8-4-9-15-23)30(36)32-24-16-10-5-11-17-24/h3-4,6-9,12-15,18-19,24H,2,5,10-11,16-17,20-21H2,1H3,(H,32,36)/t31-/m0/s1. The van der Waals surface area contributed by atoms with Crippen LogP contribution in [-0.2, 0) is 29.8 Å². The molecule has 1 aliphatic heterocycles. The Morgan fingerprint density at radius 3 is 2.41 bits per heavy atom. The van der Waals surface area contributed by atoms with E-state index in [2.05, 4.69) is 22.9 Å². The summed E-state index contributed by atoms with van der Waals surface area (Å²) in [7, 11) is 0. The van der Waals surface area contributed by atoms with Crippen molar-refractivity contribution in [2.75, 3.05) is 0 Å². The number of hydrogen-bond donors (Lipinski definition) is 1. The smallest absolute Gasteiger partial charge is 0.272 e. The van der Waals surface area contributed by atoms with Crippen molar-refractivity contribution in [1.29, 1.82) is 0 Å². The molecule has 2 aromatic carbocycles. The first-order valence-electron chi connectivity index (χ1n) is 13.4. The van der Waals surface area contributed by atoms with Gasteiger partial charge in [0, 0.05) is 17.5 Å². The number of aryl methyl sites for hydroxylation is 1. The van der Waals surface area contributed by atoms with E-state index in [9.17, 15) is 9.59 Å². The summed E-state index contributed by atoms with van der Waals surface area (Å²) >= 11 is 1.74. The molecule has 2 aliphatic rings. The SMILES string of the molecule is CCc1cc2c(cc3n2C[C@@](C(=O)NC2CCCCC2)(c2ccccc2)N(Cc2ccccc2)C3=O)s1. The normalized spacial score (nSPS) is 20.2. The predicted molar refractivity (Wildman–Crippen MR) is 149 cm³/mol. The molecular formula is C31H33N3O2S. The zero-order chi connectivity index (χ0) is 25.4. The van der Waals surface area contributed by atoms with Gasteiger partial charge in [-0.2, -0.15) is 0 Å². The number of nitrogens with zero attached hydrogens (tertiary/aromatic N) is 2. The average Bonchev–Trinajstić information content (AvgIpc) is 3.50. The lowest BCUT2D eigenvalue weighted by Crippen LogP contribution is -2.64. The molecule has 6 rings (SSSR count). The van der Waals surface area contributed by atoms with Gasteiger partial charge < -0.3 is 14.8 Å². The molecule has 2 aromatic heterocycles. The summed E-state index contributed by atoms with van der Waals surface area (Å²) in [6, 6.07) is 24.3. The van der Waals surface area contributed by atoms with Crippen LogP contribution in [-0.4, -0.2) is 27.3 Å². The number of thiophene rings is 1. The Morgan fingerprint density at radius 1 is 1.00 bits per heavy atom. The molecule has 1 aliphatic carbocycles. The second kappa shape index (κ2) is 9.82. The van der Waals surface area contributed by atoms with E-state index in [1.54, 1.807) is 11.3 Å². The molecule has 0 radical (unpaired) electrons. The van der Waals surface area contributed by atoms with Crippen LogP contribution in [0.25, 0.3) is 10.2 Å². The fourth-order valence-corrected chi connectivity index (χ4v) is 7.09. The molecular weight excluding hydrogens is 478 g/mol. The van der Waals surface area contributed by atoms with E-state index in [4.69, 9.17) is 0 Å².